The van der Waals surface area contributed by atoms with Crippen molar-refractivity contribution in [2.45, 2.75) is 51.4 Å². The predicted octanol–water partition coefficient (Wildman–Crippen LogP) is 7.87. The fourth-order valence-electron chi connectivity index (χ4n) is 5.05. The summed E-state index contributed by atoms with van der Waals surface area (Å²) in [5.74, 6) is 0.00580. The van der Waals surface area contributed by atoms with Gasteiger partial charge in [0.05, 0.1) is 5.60 Å². The number of halogens is 2. The van der Waals surface area contributed by atoms with Crippen LogP contribution in [0.2, 0.25) is 10.0 Å². The first-order valence-corrected chi connectivity index (χ1v) is 15.1. The Kier molecular flexibility index (Phi) is 9.79. The molecule has 5 rings (SSSR count). The van der Waals surface area contributed by atoms with Gasteiger partial charge in [0.2, 0.25) is 0 Å². The van der Waals surface area contributed by atoms with E-state index in [1.54, 1.807) is 30.3 Å². The zero-order valence-electron chi connectivity index (χ0n) is 24.7. The molecule has 228 valence electrons. The van der Waals surface area contributed by atoms with Crippen LogP contribution in [0.25, 0.3) is 11.1 Å². The number of benzene rings is 4. The molecule has 9 heteroatoms. The standard InChI is InChI=1S/C35H34Cl2N2O5/c1-35(2,3)44-39-33(40)32(19-22-15-17-23(18-16-22)42-21-29-30(36)13-8-14-31(29)37)38-34(41)43-20-28-26-11-6-4-9-24(26)25-10-5-7-12-27(25)28/h4-18,28,32H,19-21H2,1-3H3,(H,38,41)(H,39,40)/t32-/m0/s1. The lowest BCUT2D eigenvalue weighted by Gasteiger charge is -2.23. The SMILES string of the molecule is CC(C)(C)ONC(=O)[C@H](Cc1ccc(OCc2c(Cl)cccc2Cl)cc1)NC(=O)OCC1c2ccccc2-c2ccccc21. The molecule has 0 unspecified atom stereocenters. The minimum Gasteiger partial charge on any atom is -0.489 e. The molecule has 0 heterocycles. The first-order chi connectivity index (χ1) is 21.1. The fourth-order valence-corrected chi connectivity index (χ4v) is 5.56. The number of carbonyl (C=O) groups is 2. The third-order valence-electron chi connectivity index (χ3n) is 7.22. The summed E-state index contributed by atoms with van der Waals surface area (Å²) in [6.07, 6.45) is -0.500. The van der Waals surface area contributed by atoms with E-state index in [-0.39, 0.29) is 25.6 Å². The van der Waals surface area contributed by atoms with Crippen molar-refractivity contribution in [1.29, 1.82) is 0 Å². The summed E-state index contributed by atoms with van der Waals surface area (Å²) in [5, 5.41) is 3.79. The van der Waals surface area contributed by atoms with Gasteiger partial charge >= 0.3 is 6.09 Å². The van der Waals surface area contributed by atoms with Crippen LogP contribution in [0.15, 0.2) is 91.0 Å². The van der Waals surface area contributed by atoms with Crippen LogP contribution in [-0.2, 0) is 27.4 Å². The summed E-state index contributed by atoms with van der Waals surface area (Å²) in [4.78, 5) is 31.7. The van der Waals surface area contributed by atoms with Crippen LogP contribution in [0.1, 0.15) is 48.9 Å². The zero-order valence-corrected chi connectivity index (χ0v) is 26.2. The molecule has 0 aromatic heterocycles. The number of ether oxygens (including phenoxy) is 2. The van der Waals surface area contributed by atoms with Crippen molar-refractivity contribution in [3.63, 3.8) is 0 Å². The highest BCUT2D eigenvalue weighted by molar-refractivity contribution is 6.35. The second-order valence-electron chi connectivity index (χ2n) is 11.5. The summed E-state index contributed by atoms with van der Waals surface area (Å²) in [6.45, 7) is 5.78. The van der Waals surface area contributed by atoms with E-state index in [0.717, 1.165) is 27.8 Å². The molecule has 1 aliphatic rings. The quantitative estimate of drug-likeness (QED) is 0.174. The van der Waals surface area contributed by atoms with E-state index >= 15 is 0 Å². The van der Waals surface area contributed by atoms with Gasteiger partial charge in [-0.15, -0.1) is 0 Å². The van der Waals surface area contributed by atoms with Gasteiger partial charge in [0.1, 0.15) is 25.0 Å². The van der Waals surface area contributed by atoms with Gasteiger partial charge in [-0.2, -0.15) is 0 Å². The molecule has 0 saturated heterocycles. The highest BCUT2D eigenvalue weighted by Crippen LogP contribution is 2.44. The lowest BCUT2D eigenvalue weighted by atomic mass is 9.98. The maximum atomic E-state index is 13.2. The van der Waals surface area contributed by atoms with Crippen LogP contribution in [0.4, 0.5) is 4.79 Å². The van der Waals surface area contributed by atoms with E-state index in [1.807, 2.05) is 57.2 Å². The molecule has 2 N–H and O–H groups in total. The van der Waals surface area contributed by atoms with Gasteiger partial charge in [0.15, 0.2) is 0 Å². The molecule has 1 aliphatic carbocycles. The Morgan fingerprint density at radius 1 is 0.818 bits per heavy atom. The summed E-state index contributed by atoms with van der Waals surface area (Å²) in [5.41, 5.74) is 7.83. The third-order valence-corrected chi connectivity index (χ3v) is 7.93. The molecule has 4 aromatic carbocycles. The monoisotopic (exact) mass is 632 g/mol. The lowest BCUT2D eigenvalue weighted by Crippen LogP contribution is -2.49. The number of fused-ring (bicyclic) bond motifs is 3. The Labute approximate surface area is 267 Å². The van der Waals surface area contributed by atoms with Gasteiger partial charge in [-0.25, -0.2) is 10.3 Å². The molecular formula is C35H34Cl2N2O5. The minimum atomic E-state index is -0.957. The Morgan fingerprint density at radius 3 is 2.00 bits per heavy atom. The number of rotatable bonds is 10. The largest absolute Gasteiger partial charge is 0.489 e. The smallest absolute Gasteiger partial charge is 0.407 e. The van der Waals surface area contributed by atoms with Gasteiger partial charge in [-0.1, -0.05) is 89.9 Å². The second kappa shape index (κ2) is 13.7. The highest BCUT2D eigenvalue weighted by Gasteiger charge is 2.30. The molecule has 0 fully saturated rings. The van der Waals surface area contributed by atoms with Crippen molar-refractivity contribution in [2.24, 2.45) is 0 Å². The van der Waals surface area contributed by atoms with Crippen LogP contribution < -0.4 is 15.5 Å². The summed E-state index contributed by atoms with van der Waals surface area (Å²) < 4.78 is 11.6. The topological polar surface area (TPSA) is 85.9 Å². The number of alkyl carbamates (subject to hydrolysis) is 1. The Bertz CT molecular complexity index is 1570. The number of hydroxylamine groups is 1. The van der Waals surface area contributed by atoms with E-state index in [1.165, 1.54) is 0 Å². The molecule has 1 atom stereocenters. The van der Waals surface area contributed by atoms with Gasteiger partial charge < -0.3 is 14.8 Å². The van der Waals surface area contributed by atoms with E-state index in [2.05, 4.69) is 35.1 Å². The first kappa shape index (κ1) is 31.4. The summed E-state index contributed by atoms with van der Waals surface area (Å²) in [6, 6.07) is 27.8. The Morgan fingerprint density at radius 2 is 1.41 bits per heavy atom. The van der Waals surface area contributed by atoms with Crippen LogP contribution in [0.3, 0.4) is 0 Å². The van der Waals surface area contributed by atoms with Gasteiger partial charge in [-0.05, 0) is 72.9 Å². The van der Waals surface area contributed by atoms with Crippen molar-refractivity contribution in [3.8, 4) is 16.9 Å². The fraction of sp³-hybridized carbons (Fsp3) is 0.257. The highest BCUT2D eigenvalue weighted by atomic mass is 35.5. The molecule has 2 amide bonds. The zero-order chi connectivity index (χ0) is 31.3. The van der Waals surface area contributed by atoms with E-state index in [0.29, 0.717) is 21.4 Å². The second-order valence-corrected chi connectivity index (χ2v) is 12.4. The molecule has 0 spiro atoms. The van der Waals surface area contributed by atoms with Crippen molar-refractivity contribution in [3.05, 3.63) is 123 Å². The molecule has 0 radical (unpaired) electrons. The molecule has 44 heavy (non-hydrogen) atoms. The maximum absolute atomic E-state index is 13.2. The van der Waals surface area contributed by atoms with Gasteiger partial charge in [0.25, 0.3) is 5.91 Å². The van der Waals surface area contributed by atoms with Gasteiger partial charge in [-0.3, -0.25) is 9.63 Å². The van der Waals surface area contributed by atoms with Gasteiger partial charge in [0, 0.05) is 27.9 Å². The Balaban J connectivity index is 1.24. The number of nitrogens with one attached hydrogen (secondary N) is 2. The molecule has 7 nitrogen and oxygen atoms in total. The van der Waals surface area contributed by atoms with Crippen molar-refractivity contribution >= 4 is 35.2 Å². The molecular weight excluding hydrogens is 599 g/mol. The van der Waals surface area contributed by atoms with E-state index in [9.17, 15) is 9.59 Å². The average Bonchev–Trinajstić information content (AvgIpc) is 3.32. The van der Waals surface area contributed by atoms with E-state index in [4.69, 9.17) is 37.5 Å². The Hall–Kier alpha value is -4.04. The van der Waals surface area contributed by atoms with Crippen molar-refractivity contribution in [1.82, 2.24) is 10.8 Å². The first-order valence-electron chi connectivity index (χ1n) is 14.3. The average molecular weight is 634 g/mol. The van der Waals surface area contributed by atoms with Crippen LogP contribution >= 0.6 is 23.2 Å². The minimum absolute atomic E-state index is 0.0992. The number of hydrogen-bond donors (Lipinski definition) is 2. The van der Waals surface area contributed by atoms with Crippen LogP contribution in [-0.4, -0.2) is 30.3 Å². The lowest BCUT2D eigenvalue weighted by molar-refractivity contribution is -0.147. The maximum Gasteiger partial charge on any atom is 0.407 e. The summed E-state index contributed by atoms with van der Waals surface area (Å²) >= 11 is 12.5. The molecule has 0 bridgehead atoms. The van der Waals surface area contributed by atoms with Crippen LogP contribution in [0, 0.1) is 0 Å². The molecule has 4 aromatic rings. The number of hydrogen-bond acceptors (Lipinski definition) is 5. The normalized spacial score (nSPS) is 13.0. The van der Waals surface area contributed by atoms with Crippen molar-refractivity contribution in [2.75, 3.05) is 6.61 Å². The number of carbonyl (C=O) groups excluding carboxylic acids is 2. The van der Waals surface area contributed by atoms with Crippen LogP contribution in [0.5, 0.6) is 5.75 Å². The molecule has 0 saturated carbocycles. The number of amides is 2. The van der Waals surface area contributed by atoms with Crippen molar-refractivity contribution < 1.29 is 23.9 Å². The molecule has 0 aliphatic heterocycles. The third kappa shape index (κ3) is 7.72. The van der Waals surface area contributed by atoms with E-state index < -0.39 is 23.6 Å². The predicted molar refractivity (Wildman–Crippen MR) is 172 cm³/mol. The summed E-state index contributed by atoms with van der Waals surface area (Å²) in [7, 11) is 0.